The van der Waals surface area contributed by atoms with Crippen LogP contribution in [0.3, 0.4) is 0 Å². The van der Waals surface area contributed by atoms with Gasteiger partial charge < -0.3 is 9.47 Å². The predicted molar refractivity (Wildman–Crippen MR) is 94.9 cm³/mol. The third-order valence-corrected chi connectivity index (χ3v) is 5.53. The summed E-state index contributed by atoms with van der Waals surface area (Å²) in [6, 6.07) is 5.43. The molecule has 1 amide bonds. The molecule has 1 aliphatic carbocycles. The summed E-state index contributed by atoms with van der Waals surface area (Å²) in [5.74, 6) is 2.46. The van der Waals surface area contributed by atoms with Crippen molar-refractivity contribution >= 4 is 16.9 Å². The quantitative estimate of drug-likeness (QED) is 0.689. The summed E-state index contributed by atoms with van der Waals surface area (Å²) < 4.78 is 5.33. The molecule has 2 aromatic heterocycles. The van der Waals surface area contributed by atoms with Gasteiger partial charge in [0.2, 0.25) is 0 Å². The maximum Gasteiger partial charge on any atom is 0.328 e. The molecule has 1 saturated carbocycles. The fourth-order valence-corrected chi connectivity index (χ4v) is 3.82. The van der Waals surface area contributed by atoms with E-state index < -0.39 is 0 Å². The van der Waals surface area contributed by atoms with Crippen LogP contribution in [-0.2, 0) is 27.2 Å². The molecule has 3 heterocycles. The Morgan fingerprint density at radius 2 is 1.85 bits per heavy atom. The molecule has 0 spiro atoms. The van der Waals surface area contributed by atoms with E-state index in [0.29, 0.717) is 24.6 Å². The lowest BCUT2D eigenvalue weighted by Crippen LogP contribution is -2.38. The van der Waals surface area contributed by atoms with Gasteiger partial charge in [0.05, 0.1) is 17.6 Å². The van der Waals surface area contributed by atoms with Crippen LogP contribution < -0.4 is 5.69 Å². The topological polar surface area (TPSA) is 78.0 Å². The molecule has 1 aromatic carbocycles. The van der Waals surface area contributed by atoms with E-state index in [1.807, 2.05) is 11.0 Å². The average Bonchev–Trinajstić information content (AvgIpc) is 3.39. The van der Waals surface area contributed by atoms with Gasteiger partial charge in [-0.05, 0) is 31.0 Å². The molecule has 26 heavy (non-hydrogen) atoms. The molecule has 0 saturated heterocycles. The summed E-state index contributed by atoms with van der Waals surface area (Å²) in [6.07, 6.45) is 2.38. The molecule has 0 bridgehead atoms. The number of imidazole rings is 1. The predicted octanol–water partition coefficient (Wildman–Crippen LogP) is 1.00. The second-order valence-electron chi connectivity index (χ2n) is 7.23. The van der Waals surface area contributed by atoms with Gasteiger partial charge >= 0.3 is 5.69 Å². The second-order valence-corrected chi connectivity index (χ2v) is 7.23. The number of carbonyl (C=O) groups excluding carboxylic acids is 1. The molecular formula is C18H20N6O2. The minimum Gasteiger partial charge on any atom is -0.329 e. The van der Waals surface area contributed by atoms with Crippen molar-refractivity contribution in [2.75, 3.05) is 6.54 Å². The molecule has 8 nitrogen and oxygen atoms in total. The molecule has 0 atom stereocenters. The van der Waals surface area contributed by atoms with Crippen molar-refractivity contribution in [2.45, 2.75) is 31.8 Å². The highest BCUT2D eigenvalue weighted by molar-refractivity contribution is 5.97. The number of carbonyl (C=O) groups is 1. The van der Waals surface area contributed by atoms with Crippen LogP contribution in [0.1, 0.15) is 40.8 Å². The average molecular weight is 352 g/mol. The van der Waals surface area contributed by atoms with E-state index in [0.717, 1.165) is 29.2 Å². The lowest BCUT2D eigenvalue weighted by molar-refractivity contribution is 0.0706. The van der Waals surface area contributed by atoms with Crippen molar-refractivity contribution in [2.24, 2.45) is 14.1 Å². The third-order valence-electron chi connectivity index (χ3n) is 5.53. The minimum absolute atomic E-state index is 0.0366. The first-order chi connectivity index (χ1) is 12.5. The molecular weight excluding hydrogens is 332 g/mol. The first-order valence-corrected chi connectivity index (χ1v) is 8.91. The zero-order valence-corrected chi connectivity index (χ0v) is 14.8. The zero-order chi connectivity index (χ0) is 18.0. The number of hydrogen-bond acceptors (Lipinski definition) is 4. The molecule has 3 aromatic rings. The van der Waals surface area contributed by atoms with Gasteiger partial charge in [0.1, 0.15) is 5.82 Å². The highest BCUT2D eigenvalue weighted by Crippen LogP contribution is 2.39. The number of benzene rings is 1. The van der Waals surface area contributed by atoms with Crippen molar-refractivity contribution in [3.05, 3.63) is 45.9 Å². The Balaban J connectivity index is 1.45. The van der Waals surface area contributed by atoms with Gasteiger partial charge in [-0.25, -0.2) is 4.79 Å². The largest absolute Gasteiger partial charge is 0.329 e. The van der Waals surface area contributed by atoms with Crippen LogP contribution >= 0.6 is 0 Å². The summed E-state index contributed by atoms with van der Waals surface area (Å²) in [5, 5.41) is 8.62. The molecule has 8 heteroatoms. The minimum atomic E-state index is -0.0942. The van der Waals surface area contributed by atoms with Crippen molar-refractivity contribution in [1.82, 2.24) is 28.8 Å². The van der Waals surface area contributed by atoms with Crippen LogP contribution in [0.5, 0.6) is 0 Å². The van der Waals surface area contributed by atoms with Gasteiger partial charge in [-0.1, -0.05) is 0 Å². The molecule has 0 radical (unpaired) electrons. The number of hydrogen-bond donors (Lipinski definition) is 0. The van der Waals surface area contributed by atoms with Crippen LogP contribution in [0.25, 0.3) is 11.0 Å². The Kier molecular flexibility index (Phi) is 3.13. The highest BCUT2D eigenvalue weighted by atomic mass is 16.2. The number of nitrogens with zero attached hydrogens (tertiary/aromatic N) is 6. The molecule has 0 N–H and O–H groups in total. The summed E-state index contributed by atoms with van der Waals surface area (Å²) >= 11 is 0. The lowest BCUT2D eigenvalue weighted by atomic mass is 10.1. The fraction of sp³-hybridized carbons (Fsp3) is 0.444. The van der Waals surface area contributed by atoms with Crippen LogP contribution in [0.4, 0.5) is 0 Å². The summed E-state index contributed by atoms with van der Waals surface area (Å²) in [7, 11) is 3.46. The smallest absolute Gasteiger partial charge is 0.328 e. The van der Waals surface area contributed by atoms with Crippen molar-refractivity contribution in [3.8, 4) is 0 Å². The van der Waals surface area contributed by atoms with E-state index >= 15 is 0 Å². The first-order valence-electron chi connectivity index (χ1n) is 8.91. The maximum atomic E-state index is 13.0. The molecule has 0 unspecified atom stereocenters. The number of rotatable bonds is 2. The van der Waals surface area contributed by atoms with Gasteiger partial charge in [0.15, 0.2) is 5.82 Å². The summed E-state index contributed by atoms with van der Waals surface area (Å²) in [4.78, 5) is 26.9. The van der Waals surface area contributed by atoms with Crippen molar-refractivity contribution in [3.63, 3.8) is 0 Å². The van der Waals surface area contributed by atoms with E-state index in [9.17, 15) is 9.59 Å². The second kappa shape index (κ2) is 5.30. The van der Waals surface area contributed by atoms with Crippen LogP contribution in [-0.4, -0.2) is 41.3 Å². The van der Waals surface area contributed by atoms with E-state index in [1.165, 1.54) is 12.8 Å². The molecule has 134 valence electrons. The Morgan fingerprint density at radius 1 is 1.08 bits per heavy atom. The summed E-state index contributed by atoms with van der Waals surface area (Å²) in [6.45, 7) is 1.87. The molecule has 2 aliphatic rings. The Bertz CT molecular complexity index is 1100. The van der Waals surface area contributed by atoms with Crippen LogP contribution in [0.15, 0.2) is 23.0 Å². The fourth-order valence-electron chi connectivity index (χ4n) is 3.82. The summed E-state index contributed by atoms with van der Waals surface area (Å²) in [5.41, 5.74) is 2.08. The first kappa shape index (κ1) is 15.4. The Morgan fingerprint density at radius 3 is 2.62 bits per heavy atom. The van der Waals surface area contributed by atoms with Gasteiger partial charge in [-0.3, -0.25) is 13.9 Å². The number of aromatic nitrogens is 5. The SMILES string of the molecule is Cn1c(=O)n(C)c2cc(C(=O)N3CCn4c(nnc4C4CC4)C3)ccc21. The Hall–Kier alpha value is -2.90. The van der Waals surface area contributed by atoms with Crippen LogP contribution in [0, 0.1) is 0 Å². The maximum absolute atomic E-state index is 13.0. The highest BCUT2D eigenvalue weighted by Gasteiger charge is 2.33. The van der Waals surface area contributed by atoms with E-state index in [1.54, 1.807) is 35.4 Å². The molecule has 1 fully saturated rings. The van der Waals surface area contributed by atoms with Gasteiger partial charge in [-0.2, -0.15) is 0 Å². The van der Waals surface area contributed by atoms with Crippen molar-refractivity contribution in [1.29, 1.82) is 0 Å². The van der Waals surface area contributed by atoms with E-state index in [-0.39, 0.29) is 11.6 Å². The van der Waals surface area contributed by atoms with E-state index in [4.69, 9.17) is 0 Å². The molecule has 1 aliphatic heterocycles. The van der Waals surface area contributed by atoms with E-state index in [2.05, 4.69) is 14.8 Å². The normalized spacial score (nSPS) is 16.9. The van der Waals surface area contributed by atoms with Gasteiger partial charge in [0, 0.05) is 38.7 Å². The number of amides is 1. The molecule has 5 rings (SSSR count). The van der Waals surface area contributed by atoms with Crippen LogP contribution in [0.2, 0.25) is 0 Å². The third kappa shape index (κ3) is 2.14. The number of aryl methyl sites for hydroxylation is 2. The Labute approximate surface area is 149 Å². The number of fused-ring (bicyclic) bond motifs is 2. The monoisotopic (exact) mass is 352 g/mol. The standard InChI is InChI=1S/C18H20N6O2/c1-21-13-6-5-12(9-14(13)22(2)18(21)26)17(25)23-7-8-24-15(10-23)19-20-16(24)11-3-4-11/h5-6,9,11H,3-4,7-8,10H2,1-2H3. The van der Waals surface area contributed by atoms with Crippen molar-refractivity contribution < 1.29 is 4.79 Å². The zero-order valence-electron chi connectivity index (χ0n) is 14.8. The van der Waals surface area contributed by atoms with Gasteiger partial charge in [-0.15, -0.1) is 10.2 Å². The van der Waals surface area contributed by atoms with Gasteiger partial charge in [0.25, 0.3) is 5.91 Å². The lowest BCUT2D eigenvalue weighted by Gasteiger charge is -2.28.